The molecule has 2 rings (SSSR count). The van der Waals surface area contributed by atoms with Crippen molar-refractivity contribution in [3.63, 3.8) is 0 Å². The summed E-state index contributed by atoms with van der Waals surface area (Å²) in [6.07, 6.45) is 16.7. The highest BCUT2D eigenvalue weighted by Gasteiger charge is 2.02. The average molecular weight is 267 g/mol. The minimum Gasteiger partial charge on any atom is -0.357 e. The quantitative estimate of drug-likeness (QED) is 0.666. The molecule has 0 aromatic carbocycles. The Morgan fingerprint density at radius 3 is 1.20 bits per heavy atom. The van der Waals surface area contributed by atoms with Crippen LogP contribution in [-0.4, -0.2) is 23.9 Å². The maximum absolute atomic E-state index is 2.12. The van der Waals surface area contributed by atoms with Crippen LogP contribution < -0.4 is 0 Å². The Hall–Kier alpha value is -1.22. The van der Waals surface area contributed by atoms with Crippen LogP contribution in [0.2, 0.25) is 0 Å². The lowest BCUT2D eigenvalue weighted by molar-refractivity contribution is 0.616. The van der Waals surface area contributed by atoms with Crippen LogP contribution in [0.3, 0.4) is 0 Å². The molecule has 2 aliphatic rings. The summed E-state index contributed by atoms with van der Waals surface area (Å²) in [5.41, 5.74) is 2.51. The molecule has 0 unspecified atom stereocenters. The van der Waals surface area contributed by atoms with Crippen LogP contribution in [0.5, 0.6) is 0 Å². The fourth-order valence-electron chi connectivity index (χ4n) is 1.39. The molecule has 2 nitrogen and oxygen atoms in total. The molecule has 0 atom stereocenters. The van der Waals surface area contributed by atoms with Gasteiger partial charge in [0.2, 0.25) is 0 Å². The first-order chi connectivity index (χ1) is 6.75. The highest BCUT2D eigenvalue weighted by atomic mass is 79.9. The van der Waals surface area contributed by atoms with Gasteiger partial charge in [-0.15, -0.1) is 17.0 Å². The van der Waals surface area contributed by atoms with Crippen molar-refractivity contribution in [1.29, 1.82) is 0 Å². The van der Waals surface area contributed by atoms with E-state index in [-0.39, 0.29) is 17.0 Å². The molecule has 0 N–H and O–H groups in total. The van der Waals surface area contributed by atoms with E-state index in [0.717, 1.165) is 0 Å². The Balaban J connectivity index is 0.00000112. The Morgan fingerprint density at radius 2 is 0.933 bits per heavy atom. The molecule has 0 fully saturated rings. The van der Waals surface area contributed by atoms with Gasteiger partial charge in [0.25, 0.3) is 0 Å². The Labute approximate surface area is 101 Å². The van der Waals surface area contributed by atoms with Crippen LogP contribution >= 0.6 is 17.0 Å². The van der Waals surface area contributed by atoms with Crippen molar-refractivity contribution in [3.8, 4) is 0 Å². The summed E-state index contributed by atoms with van der Waals surface area (Å²) in [5.74, 6) is 0. The van der Waals surface area contributed by atoms with Gasteiger partial charge in [-0.2, -0.15) is 0 Å². The molecule has 0 aromatic rings. The maximum Gasteiger partial charge on any atom is 0.0106 e. The van der Waals surface area contributed by atoms with Crippen molar-refractivity contribution in [2.75, 3.05) is 14.1 Å². The Bertz CT molecular complexity index is 307. The van der Waals surface area contributed by atoms with Gasteiger partial charge in [0.05, 0.1) is 0 Å². The van der Waals surface area contributed by atoms with E-state index < -0.39 is 0 Å². The number of halogens is 1. The molecule has 0 aromatic heterocycles. The second kappa shape index (κ2) is 5.03. The molecule has 0 spiro atoms. The van der Waals surface area contributed by atoms with Crippen LogP contribution in [0.4, 0.5) is 0 Å². The van der Waals surface area contributed by atoms with Gasteiger partial charge in [0.15, 0.2) is 0 Å². The van der Waals surface area contributed by atoms with Gasteiger partial charge in [-0.25, -0.2) is 0 Å². The molecule has 80 valence electrons. The summed E-state index contributed by atoms with van der Waals surface area (Å²) in [7, 11) is 4.05. The Morgan fingerprint density at radius 1 is 0.667 bits per heavy atom. The summed E-state index contributed by atoms with van der Waals surface area (Å²) in [4.78, 5) is 4.07. The standard InChI is InChI=1S/C12H14N2.BrH/c1-13-7-3-11(4-8-13)12-5-9-14(2)10-6-12;/h3-10H,1-2H3;1H. The molecule has 0 saturated heterocycles. The molecule has 0 saturated carbocycles. The largest absolute Gasteiger partial charge is 0.357 e. The van der Waals surface area contributed by atoms with E-state index in [4.69, 9.17) is 0 Å². The van der Waals surface area contributed by atoms with Crippen molar-refractivity contribution in [2.24, 2.45) is 0 Å². The summed E-state index contributed by atoms with van der Waals surface area (Å²) in [6, 6.07) is 0. The molecular formula is C12H15BrN2. The van der Waals surface area contributed by atoms with Gasteiger partial charge in [0.1, 0.15) is 0 Å². The van der Waals surface area contributed by atoms with E-state index in [0.29, 0.717) is 0 Å². The zero-order valence-corrected chi connectivity index (χ0v) is 10.6. The van der Waals surface area contributed by atoms with Crippen molar-refractivity contribution in [2.45, 2.75) is 0 Å². The molecule has 2 aliphatic heterocycles. The highest BCUT2D eigenvalue weighted by molar-refractivity contribution is 8.93. The van der Waals surface area contributed by atoms with Crippen molar-refractivity contribution >= 4 is 17.0 Å². The molecule has 0 radical (unpaired) electrons. The third kappa shape index (κ3) is 2.86. The zero-order chi connectivity index (χ0) is 9.97. The van der Waals surface area contributed by atoms with E-state index >= 15 is 0 Å². The van der Waals surface area contributed by atoms with E-state index in [9.17, 15) is 0 Å². The van der Waals surface area contributed by atoms with Crippen molar-refractivity contribution in [3.05, 3.63) is 60.3 Å². The predicted octanol–water partition coefficient (Wildman–Crippen LogP) is 2.81. The fourth-order valence-corrected chi connectivity index (χ4v) is 1.39. The number of hydrogen-bond donors (Lipinski definition) is 0. The van der Waals surface area contributed by atoms with Crippen LogP contribution in [0, 0.1) is 0 Å². The first-order valence-electron chi connectivity index (χ1n) is 4.67. The first-order valence-corrected chi connectivity index (χ1v) is 4.67. The second-order valence-electron chi connectivity index (χ2n) is 3.50. The monoisotopic (exact) mass is 266 g/mol. The SMILES string of the molecule is Br.CN1C=CC(=C2C=CN(C)C=C2)C=C1. The molecule has 3 heteroatoms. The Kier molecular flexibility index (Phi) is 3.97. The molecular weight excluding hydrogens is 252 g/mol. The normalized spacial score (nSPS) is 18.5. The lowest BCUT2D eigenvalue weighted by Gasteiger charge is -2.16. The fraction of sp³-hybridized carbons (Fsp3) is 0.167. The van der Waals surface area contributed by atoms with Gasteiger partial charge in [-0.05, 0) is 35.5 Å². The third-order valence-corrected chi connectivity index (χ3v) is 2.29. The number of hydrogen-bond acceptors (Lipinski definition) is 2. The van der Waals surface area contributed by atoms with E-state index in [1.807, 2.05) is 23.9 Å². The highest BCUT2D eigenvalue weighted by Crippen LogP contribution is 2.18. The molecule has 0 amide bonds. The van der Waals surface area contributed by atoms with E-state index in [2.05, 4.69) is 49.1 Å². The number of rotatable bonds is 0. The van der Waals surface area contributed by atoms with E-state index in [1.165, 1.54) is 11.1 Å². The van der Waals surface area contributed by atoms with Gasteiger partial charge >= 0.3 is 0 Å². The first kappa shape index (κ1) is 11.9. The van der Waals surface area contributed by atoms with Crippen LogP contribution in [0.25, 0.3) is 0 Å². The average Bonchev–Trinajstić information content (AvgIpc) is 2.21. The van der Waals surface area contributed by atoms with Crippen molar-refractivity contribution in [1.82, 2.24) is 9.80 Å². The molecule has 2 heterocycles. The molecule has 0 aliphatic carbocycles. The molecule has 0 bridgehead atoms. The van der Waals surface area contributed by atoms with Gasteiger partial charge < -0.3 is 9.80 Å². The van der Waals surface area contributed by atoms with Gasteiger partial charge in [-0.1, -0.05) is 0 Å². The van der Waals surface area contributed by atoms with Crippen molar-refractivity contribution < 1.29 is 0 Å². The lowest BCUT2D eigenvalue weighted by atomic mass is 10.1. The zero-order valence-electron chi connectivity index (χ0n) is 8.92. The van der Waals surface area contributed by atoms with Crippen LogP contribution in [0.15, 0.2) is 60.3 Å². The number of nitrogens with zero attached hydrogens (tertiary/aromatic N) is 2. The molecule has 15 heavy (non-hydrogen) atoms. The second-order valence-corrected chi connectivity index (χ2v) is 3.50. The van der Waals surface area contributed by atoms with Gasteiger partial charge in [-0.3, -0.25) is 0 Å². The summed E-state index contributed by atoms with van der Waals surface area (Å²) < 4.78 is 0. The summed E-state index contributed by atoms with van der Waals surface area (Å²) >= 11 is 0. The minimum absolute atomic E-state index is 0. The van der Waals surface area contributed by atoms with Crippen LogP contribution in [-0.2, 0) is 0 Å². The topological polar surface area (TPSA) is 6.48 Å². The third-order valence-electron chi connectivity index (χ3n) is 2.29. The minimum atomic E-state index is 0. The summed E-state index contributed by atoms with van der Waals surface area (Å²) in [6.45, 7) is 0. The van der Waals surface area contributed by atoms with Crippen LogP contribution in [0.1, 0.15) is 0 Å². The lowest BCUT2D eigenvalue weighted by Crippen LogP contribution is -2.06. The van der Waals surface area contributed by atoms with Gasteiger partial charge in [0, 0.05) is 38.9 Å². The smallest absolute Gasteiger partial charge is 0.0106 e. The van der Waals surface area contributed by atoms with E-state index in [1.54, 1.807) is 0 Å². The predicted molar refractivity (Wildman–Crippen MR) is 69.4 cm³/mol. The number of allylic oxidation sites excluding steroid dienone is 6. The summed E-state index contributed by atoms with van der Waals surface area (Å²) in [5, 5.41) is 0. The maximum atomic E-state index is 2.12.